The van der Waals surface area contributed by atoms with Gasteiger partial charge >= 0.3 is 0 Å². The lowest BCUT2D eigenvalue weighted by atomic mass is 10.1. The molecule has 1 aromatic carbocycles. The van der Waals surface area contributed by atoms with Crippen LogP contribution in [0.5, 0.6) is 0 Å². The van der Waals surface area contributed by atoms with Gasteiger partial charge in [0.2, 0.25) is 0 Å². The number of hydrogen-bond donors (Lipinski definition) is 0. The van der Waals surface area contributed by atoms with Crippen LogP contribution in [0.25, 0.3) is 10.2 Å². The molecule has 1 fully saturated rings. The molecule has 1 unspecified atom stereocenters. The molecule has 0 aliphatic heterocycles. The molecule has 4 nitrogen and oxygen atoms in total. The van der Waals surface area contributed by atoms with Gasteiger partial charge in [0.1, 0.15) is 4.83 Å². The fourth-order valence-corrected chi connectivity index (χ4v) is 4.77. The Morgan fingerprint density at radius 3 is 2.76 bits per heavy atom. The molecule has 25 heavy (non-hydrogen) atoms. The van der Waals surface area contributed by atoms with Crippen LogP contribution in [0.3, 0.4) is 0 Å². The molecule has 6 heteroatoms. The number of amides is 1. The van der Waals surface area contributed by atoms with Gasteiger partial charge in [-0.15, -0.1) is 11.3 Å². The van der Waals surface area contributed by atoms with Crippen molar-refractivity contribution in [3.05, 3.63) is 51.5 Å². The zero-order valence-corrected chi connectivity index (χ0v) is 16.1. The fourth-order valence-electron chi connectivity index (χ4n) is 3.41. The van der Waals surface area contributed by atoms with Crippen molar-refractivity contribution in [3.63, 3.8) is 0 Å². The summed E-state index contributed by atoms with van der Waals surface area (Å²) >= 11 is 7.90. The van der Waals surface area contributed by atoms with Crippen LogP contribution in [0.1, 0.15) is 46.7 Å². The van der Waals surface area contributed by atoms with Crippen molar-refractivity contribution >= 4 is 39.1 Å². The van der Waals surface area contributed by atoms with Crippen LogP contribution in [0.2, 0.25) is 5.02 Å². The van der Waals surface area contributed by atoms with E-state index < -0.39 is 0 Å². The van der Waals surface area contributed by atoms with Gasteiger partial charge in [-0.05, 0) is 44.4 Å². The van der Waals surface area contributed by atoms with E-state index in [-0.39, 0.29) is 11.9 Å². The number of aryl methyl sites for hydroxylation is 2. The summed E-state index contributed by atoms with van der Waals surface area (Å²) < 4.78 is 1.85. The van der Waals surface area contributed by atoms with E-state index in [1.165, 1.54) is 11.3 Å². The van der Waals surface area contributed by atoms with Crippen molar-refractivity contribution in [3.8, 4) is 0 Å². The first-order valence-corrected chi connectivity index (χ1v) is 9.67. The Morgan fingerprint density at radius 1 is 1.40 bits per heavy atom. The van der Waals surface area contributed by atoms with Gasteiger partial charge in [-0.25, -0.2) is 0 Å². The highest BCUT2D eigenvalue weighted by molar-refractivity contribution is 7.20. The van der Waals surface area contributed by atoms with Crippen LogP contribution < -0.4 is 0 Å². The van der Waals surface area contributed by atoms with Crippen LogP contribution in [0.4, 0.5) is 0 Å². The van der Waals surface area contributed by atoms with Crippen molar-refractivity contribution in [1.29, 1.82) is 0 Å². The molecule has 1 saturated carbocycles. The number of hydrogen-bond acceptors (Lipinski definition) is 3. The Morgan fingerprint density at radius 2 is 2.12 bits per heavy atom. The monoisotopic (exact) mass is 373 g/mol. The summed E-state index contributed by atoms with van der Waals surface area (Å²) in [4.78, 5) is 17.1. The first-order valence-electron chi connectivity index (χ1n) is 8.47. The largest absolute Gasteiger partial charge is 0.328 e. The SMILES string of the molecule is Cc1nn(C)c2sc(C(=O)N(C3CC3)C(C)c3ccccc3Cl)cc12. The maximum atomic E-state index is 13.3. The predicted molar refractivity (Wildman–Crippen MR) is 102 cm³/mol. The van der Waals surface area contributed by atoms with Gasteiger partial charge < -0.3 is 4.90 Å². The lowest BCUT2D eigenvalue weighted by Crippen LogP contribution is -2.35. The molecule has 1 aliphatic rings. The summed E-state index contributed by atoms with van der Waals surface area (Å²) in [6.45, 7) is 4.05. The summed E-state index contributed by atoms with van der Waals surface area (Å²) in [5, 5.41) is 6.20. The molecule has 0 N–H and O–H groups in total. The van der Waals surface area contributed by atoms with Gasteiger partial charge in [0, 0.05) is 23.5 Å². The zero-order valence-electron chi connectivity index (χ0n) is 14.5. The molecular formula is C19H20ClN3OS. The van der Waals surface area contributed by atoms with E-state index >= 15 is 0 Å². The highest BCUT2D eigenvalue weighted by atomic mass is 35.5. The number of carbonyl (C=O) groups is 1. The molecule has 1 atom stereocenters. The Bertz CT molecular complexity index is 922. The lowest BCUT2D eigenvalue weighted by Gasteiger charge is -2.30. The van der Waals surface area contributed by atoms with Crippen molar-refractivity contribution < 1.29 is 4.79 Å². The number of aromatic nitrogens is 2. The third-order valence-electron chi connectivity index (χ3n) is 4.85. The topological polar surface area (TPSA) is 38.1 Å². The normalized spacial score (nSPS) is 15.5. The van der Waals surface area contributed by atoms with E-state index in [1.54, 1.807) is 0 Å². The number of thiophene rings is 1. The number of benzene rings is 1. The molecule has 0 radical (unpaired) electrons. The number of fused-ring (bicyclic) bond motifs is 1. The summed E-state index contributed by atoms with van der Waals surface area (Å²) in [6, 6.07) is 10.0. The molecule has 2 heterocycles. The molecule has 1 aliphatic carbocycles. The number of carbonyl (C=O) groups excluding carboxylic acids is 1. The van der Waals surface area contributed by atoms with Crippen LogP contribution in [-0.2, 0) is 7.05 Å². The van der Waals surface area contributed by atoms with Gasteiger partial charge in [0.15, 0.2) is 0 Å². The van der Waals surface area contributed by atoms with Gasteiger partial charge in [0.25, 0.3) is 5.91 Å². The Balaban J connectivity index is 1.71. The smallest absolute Gasteiger partial charge is 0.264 e. The summed E-state index contributed by atoms with van der Waals surface area (Å²) in [5.41, 5.74) is 1.97. The molecular weight excluding hydrogens is 354 g/mol. The molecule has 1 amide bonds. The molecule has 130 valence electrons. The Labute approximate surface area is 156 Å². The van der Waals surface area contributed by atoms with E-state index in [2.05, 4.69) is 12.0 Å². The van der Waals surface area contributed by atoms with Gasteiger partial charge in [0.05, 0.1) is 16.6 Å². The van der Waals surface area contributed by atoms with Crippen molar-refractivity contribution in [2.45, 2.75) is 38.8 Å². The molecule has 3 aromatic rings. The second-order valence-corrected chi connectivity index (χ2v) is 8.12. The number of rotatable bonds is 4. The Hall–Kier alpha value is -1.85. The average molecular weight is 374 g/mol. The Kier molecular flexibility index (Phi) is 4.08. The van der Waals surface area contributed by atoms with Crippen LogP contribution in [0.15, 0.2) is 30.3 Å². The van der Waals surface area contributed by atoms with Crippen molar-refractivity contribution in [2.75, 3.05) is 0 Å². The first-order chi connectivity index (χ1) is 12.0. The molecule has 2 aromatic heterocycles. The van der Waals surface area contributed by atoms with Gasteiger partial charge in [-0.3, -0.25) is 9.48 Å². The predicted octanol–water partition coefficient (Wildman–Crippen LogP) is 4.96. The molecule has 0 bridgehead atoms. The van der Waals surface area contributed by atoms with E-state index in [1.807, 2.05) is 53.9 Å². The van der Waals surface area contributed by atoms with Crippen LogP contribution >= 0.6 is 22.9 Å². The molecule has 0 spiro atoms. The summed E-state index contributed by atoms with van der Waals surface area (Å²) in [6.07, 6.45) is 2.12. The third-order valence-corrected chi connectivity index (χ3v) is 6.39. The van der Waals surface area contributed by atoms with E-state index in [4.69, 9.17) is 11.6 Å². The minimum Gasteiger partial charge on any atom is -0.328 e. The van der Waals surface area contributed by atoms with E-state index in [0.717, 1.165) is 39.2 Å². The minimum absolute atomic E-state index is 0.0434. The maximum Gasteiger partial charge on any atom is 0.264 e. The van der Waals surface area contributed by atoms with Crippen LogP contribution in [0, 0.1) is 6.92 Å². The second kappa shape index (κ2) is 6.15. The zero-order chi connectivity index (χ0) is 17.7. The second-order valence-electron chi connectivity index (χ2n) is 6.68. The third kappa shape index (κ3) is 2.85. The van der Waals surface area contributed by atoms with Crippen LogP contribution in [-0.4, -0.2) is 26.6 Å². The average Bonchev–Trinajstić information content (AvgIpc) is 3.23. The number of nitrogens with zero attached hydrogens (tertiary/aromatic N) is 3. The fraction of sp³-hybridized carbons (Fsp3) is 0.368. The van der Waals surface area contributed by atoms with E-state index in [9.17, 15) is 4.79 Å². The van der Waals surface area contributed by atoms with Crippen molar-refractivity contribution in [2.24, 2.45) is 7.05 Å². The standard InChI is InChI=1S/C19H20ClN3OS/c1-11-15-10-17(25-19(15)22(3)21-11)18(24)23(13-8-9-13)12(2)14-6-4-5-7-16(14)20/h4-7,10,12-13H,8-9H2,1-3H3. The highest BCUT2D eigenvalue weighted by Gasteiger charge is 2.38. The molecule has 4 rings (SSSR count). The van der Waals surface area contributed by atoms with Gasteiger partial charge in [-0.1, -0.05) is 29.8 Å². The highest BCUT2D eigenvalue weighted by Crippen LogP contribution is 2.39. The van der Waals surface area contributed by atoms with E-state index in [0.29, 0.717) is 11.1 Å². The summed E-state index contributed by atoms with van der Waals surface area (Å²) in [7, 11) is 1.92. The van der Waals surface area contributed by atoms with Gasteiger partial charge in [-0.2, -0.15) is 5.10 Å². The molecule has 0 saturated heterocycles. The van der Waals surface area contributed by atoms with Crippen molar-refractivity contribution in [1.82, 2.24) is 14.7 Å². The lowest BCUT2D eigenvalue weighted by molar-refractivity contribution is 0.0679. The quantitative estimate of drug-likeness (QED) is 0.648. The summed E-state index contributed by atoms with van der Waals surface area (Å²) in [5.74, 6) is 0.0931. The first kappa shape index (κ1) is 16.6. The minimum atomic E-state index is -0.0434. The maximum absolute atomic E-state index is 13.3. The number of halogens is 1.